The van der Waals surface area contributed by atoms with Gasteiger partial charge in [-0.25, -0.2) is 4.98 Å². The fraction of sp³-hybridized carbons (Fsp3) is 0.182. The molecule has 0 saturated heterocycles. The van der Waals surface area contributed by atoms with Gasteiger partial charge >= 0.3 is 0 Å². The zero-order valence-electron chi connectivity index (χ0n) is 14.7. The number of fused-ring (bicyclic) bond motifs is 2. The van der Waals surface area contributed by atoms with Crippen LogP contribution >= 0.6 is 11.3 Å². The van der Waals surface area contributed by atoms with Crippen molar-refractivity contribution in [2.75, 3.05) is 5.73 Å². The normalized spacial score (nSPS) is 13.6. The molecule has 3 heterocycles. The van der Waals surface area contributed by atoms with Gasteiger partial charge in [0.05, 0.1) is 12.0 Å². The Morgan fingerprint density at radius 3 is 2.67 bits per heavy atom. The maximum atomic E-state index is 13.0. The van der Waals surface area contributed by atoms with E-state index in [0.29, 0.717) is 16.1 Å². The maximum absolute atomic E-state index is 13.0. The summed E-state index contributed by atoms with van der Waals surface area (Å²) in [6.07, 6.45) is 5.87. The summed E-state index contributed by atoms with van der Waals surface area (Å²) in [7, 11) is 0. The third-order valence-corrected chi connectivity index (χ3v) is 6.26. The fourth-order valence-corrected chi connectivity index (χ4v) is 4.98. The van der Waals surface area contributed by atoms with Gasteiger partial charge in [0.25, 0.3) is 0 Å². The quantitative estimate of drug-likeness (QED) is 0.497. The highest BCUT2D eigenvalue weighted by molar-refractivity contribution is 7.21. The highest BCUT2D eigenvalue weighted by atomic mass is 32.1. The molecule has 1 aromatic carbocycles. The summed E-state index contributed by atoms with van der Waals surface area (Å²) >= 11 is 1.38. The van der Waals surface area contributed by atoms with E-state index in [-0.39, 0.29) is 5.78 Å². The molecule has 5 rings (SSSR count). The average molecular weight is 374 g/mol. The fourth-order valence-electron chi connectivity index (χ4n) is 3.89. The first-order valence-electron chi connectivity index (χ1n) is 9.11. The minimum absolute atomic E-state index is 0.0560. The molecule has 5 heteroatoms. The molecule has 0 spiro atoms. The van der Waals surface area contributed by atoms with Crippen molar-refractivity contribution in [3.05, 3.63) is 70.4 Å². The highest BCUT2D eigenvalue weighted by Gasteiger charge is 2.27. The third kappa shape index (κ3) is 2.58. The van der Waals surface area contributed by atoms with Crippen LogP contribution in [0.5, 0.6) is 0 Å². The number of rotatable bonds is 3. The van der Waals surface area contributed by atoms with E-state index < -0.39 is 0 Å². The van der Waals surface area contributed by atoms with E-state index in [9.17, 15) is 4.79 Å². The zero-order chi connectivity index (χ0) is 18.4. The average Bonchev–Trinajstić information content (AvgIpc) is 3.35. The molecule has 134 valence electrons. The van der Waals surface area contributed by atoms with Crippen LogP contribution in [-0.2, 0) is 12.8 Å². The molecule has 3 aromatic heterocycles. The van der Waals surface area contributed by atoms with Gasteiger partial charge in [-0.1, -0.05) is 30.3 Å². The number of furan rings is 1. The second kappa shape index (κ2) is 6.35. The third-order valence-electron chi connectivity index (χ3n) is 5.16. The van der Waals surface area contributed by atoms with Crippen LogP contribution in [0.3, 0.4) is 0 Å². The summed E-state index contributed by atoms with van der Waals surface area (Å²) in [5, 5.41) is 0.856. The van der Waals surface area contributed by atoms with E-state index in [4.69, 9.17) is 15.1 Å². The van der Waals surface area contributed by atoms with Gasteiger partial charge in [0.1, 0.15) is 15.5 Å². The molecule has 4 aromatic rings. The van der Waals surface area contributed by atoms with Crippen molar-refractivity contribution in [3.63, 3.8) is 0 Å². The molecule has 1 aliphatic carbocycles. The topological polar surface area (TPSA) is 69.1 Å². The molecule has 0 unspecified atom stereocenters. The summed E-state index contributed by atoms with van der Waals surface area (Å²) in [6, 6.07) is 13.1. The first-order valence-corrected chi connectivity index (χ1v) is 9.93. The molecule has 27 heavy (non-hydrogen) atoms. The zero-order valence-corrected chi connectivity index (χ0v) is 15.5. The molecule has 0 radical (unpaired) electrons. The van der Waals surface area contributed by atoms with Crippen LogP contribution in [0.2, 0.25) is 0 Å². The van der Waals surface area contributed by atoms with Gasteiger partial charge in [0.2, 0.25) is 5.78 Å². The van der Waals surface area contributed by atoms with Crippen molar-refractivity contribution in [3.8, 4) is 11.3 Å². The first kappa shape index (κ1) is 16.3. The van der Waals surface area contributed by atoms with Gasteiger partial charge in [-0.15, -0.1) is 11.3 Å². The lowest BCUT2D eigenvalue weighted by atomic mass is 9.89. The van der Waals surface area contributed by atoms with E-state index >= 15 is 0 Å². The lowest BCUT2D eigenvalue weighted by Gasteiger charge is -2.18. The van der Waals surface area contributed by atoms with Crippen molar-refractivity contribution in [1.29, 1.82) is 0 Å². The standard InChI is InChI=1S/C22H18N2O2S/c23-19-18-17(16-11-6-12-26-16)14-9-4-5-10-15(14)24-22(18)27-21(19)20(25)13-7-2-1-3-8-13/h1-3,6-8,11-12H,4-5,9-10,23H2. The predicted molar refractivity (Wildman–Crippen MR) is 108 cm³/mol. The Balaban J connectivity index is 1.79. The first-order chi connectivity index (χ1) is 13.2. The van der Waals surface area contributed by atoms with Gasteiger partial charge < -0.3 is 10.2 Å². The molecule has 0 aliphatic heterocycles. The molecular formula is C22H18N2O2S. The molecule has 2 N–H and O–H groups in total. The number of aromatic nitrogens is 1. The summed E-state index contributed by atoms with van der Waals surface area (Å²) in [6.45, 7) is 0. The minimum Gasteiger partial charge on any atom is -0.464 e. The minimum atomic E-state index is -0.0560. The Labute approximate surface area is 160 Å². The van der Waals surface area contributed by atoms with Crippen molar-refractivity contribution in [1.82, 2.24) is 4.98 Å². The Kier molecular flexibility index (Phi) is 3.83. The van der Waals surface area contributed by atoms with E-state index in [1.165, 1.54) is 16.9 Å². The number of nitrogen functional groups attached to an aromatic ring is 1. The van der Waals surface area contributed by atoms with Gasteiger partial charge in [0, 0.05) is 22.2 Å². The Hall–Kier alpha value is -2.92. The Morgan fingerprint density at radius 2 is 1.89 bits per heavy atom. The predicted octanol–water partition coefficient (Wildman–Crippen LogP) is 5.25. The van der Waals surface area contributed by atoms with Crippen LogP contribution in [0, 0.1) is 0 Å². The second-order valence-electron chi connectivity index (χ2n) is 6.82. The number of aryl methyl sites for hydroxylation is 1. The summed E-state index contributed by atoms with van der Waals surface area (Å²) in [5.41, 5.74) is 11.0. The van der Waals surface area contributed by atoms with Crippen molar-refractivity contribution in [2.45, 2.75) is 25.7 Å². The molecule has 0 fully saturated rings. The maximum Gasteiger partial charge on any atom is 0.205 e. The molecule has 1 aliphatic rings. The largest absolute Gasteiger partial charge is 0.464 e. The summed E-state index contributed by atoms with van der Waals surface area (Å²) in [5.74, 6) is 0.739. The molecule has 0 bridgehead atoms. The van der Waals surface area contributed by atoms with Gasteiger partial charge in [-0.3, -0.25) is 4.79 Å². The SMILES string of the molecule is Nc1c(C(=O)c2ccccc2)sc2nc3c(c(-c4ccco4)c12)CCCC3. The van der Waals surface area contributed by atoms with E-state index in [0.717, 1.165) is 52.9 Å². The number of pyridine rings is 1. The molecule has 0 amide bonds. The van der Waals surface area contributed by atoms with Crippen LogP contribution in [-0.4, -0.2) is 10.8 Å². The lowest BCUT2D eigenvalue weighted by molar-refractivity contribution is 0.104. The number of carbonyl (C=O) groups is 1. The van der Waals surface area contributed by atoms with Gasteiger partial charge in [-0.05, 0) is 43.4 Å². The number of hydrogen-bond donors (Lipinski definition) is 1. The van der Waals surface area contributed by atoms with Crippen LogP contribution in [0.1, 0.15) is 39.3 Å². The van der Waals surface area contributed by atoms with Crippen LogP contribution in [0.15, 0.2) is 53.1 Å². The van der Waals surface area contributed by atoms with Crippen LogP contribution < -0.4 is 5.73 Å². The van der Waals surface area contributed by atoms with Crippen molar-refractivity contribution >= 4 is 33.0 Å². The number of nitrogens with two attached hydrogens (primary N) is 1. The lowest BCUT2D eigenvalue weighted by Crippen LogP contribution is -2.07. The number of ketones is 1. The van der Waals surface area contributed by atoms with Crippen LogP contribution in [0.25, 0.3) is 21.5 Å². The number of carbonyl (C=O) groups excluding carboxylic acids is 1. The molecule has 0 atom stereocenters. The van der Waals surface area contributed by atoms with E-state index in [2.05, 4.69) is 0 Å². The molecular weight excluding hydrogens is 356 g/mol. The smallest absolute Gasteiger partial charge is 0.205 e. The van der Waals surface area contributed by atoms with E-state index in [1.54, 1.807) is 6.26 Å². The summed E-state index contributed by atoms with van der Waals surface area (Å²) in [4.78, 5) is 19.3. The Morgan fingerprint density at radius 1 is 1.07 bits per heavy atom. The van der Waals surface area contributed by atoms with Crippen molar-refractivity contribution < 1.29 is 9.21 Å². The van der Waals surface area contributed by atoms with E-state index in [1.807, 2.05) is 42.5 Å². The molecule has 4 nitrogen and oxygen atoms in total. The highest BCUT2D eigenvalue weighted by Crippen LogP contribution is 2.44. The number of benzene rings is 1. The van der Waals surface area contributed by atoms with Crippen molar-refractivity contribution in [2.24, 2.45) is 0 Å². The monoisotopic (exact) mass is 374 g/mol. The number of anilines is 1. The Bertz CT molecular complexity index is 1140. The number of thiophene rings is 1. The van der Waals surface area contributed by atoms with Gasteiger partial charge in [-0.2, -0.15) is 0 Å². The molecule has 0 saturated carbocycles. The number of nitrogens with zero attached hydrogens (tertiary/aromatic N) is 1. The van der Waals surface area contributed by atoms with Gasteiger partial charge in [0.15, 0.2) is 0 Å². The second-order valence-corrected chi connectivity index (χ2v) is 7.82. The van der Waals surface area contributed by atoms with Crippen LogP contribution in [0.4, 0.5) is 5.69 Å². The summed E-state index contributed by atoms with van der Waals surface area (Å²) < 4.78 is 5.74. The number of hydrogen-bond acceptors (Lipinski definition) is 5.